The van der Waals surface area contributed by atoms with Crippen LogP contribution in [0.2, 0.25) is 0 Å². The first-order valence-corrected chi connectivity index (χ1v) is 12.6. The molecule has 2 saturated carbocycles. The molecule has 12 heteroatoms. The first-order chi connectivity index (χ1) is 18.3. The molecule has 5 atom stereocenters. The number of fused-ring (bicyclic) bond motifs is 3. The largest absolute Gasteiger partial charge is 0.507 e. The third kappa shape index (κ3) is 4.53. The number of phenolic OH excluding ortho intramolecular Hbond substituents is 1. The minimum absolute atomic E-state index is 0.0468. The number of aromatic hydroxyl groups is 1. The van der Waals surface area contributed by atoms with Crippen LogP contribution >= 0.6 is 0 Å². The van der Waals surface area contributed by atoms with Crippen molar-refractivity contribution in [3.05, 3.63) is 41.0 Å². The summed E-state index contributed by atoms with van der Waals surface area (Å²) in [6, 6.07) is 1.66. The highest BCUT2D eigenvalue weighted by molar-refractivity contribution is 6.24. The van der Waals surface area contributed by atoms with Crippen molar-refractivity contribution in [1.29, 1.82) is 0 Å². The van der Waals surface area contributed by atoms with E-state index < -0.39 is 58.8 Å². The maximum Gasteiger partial charge on any atom is 0.407 e. The number of carbonyl (C=O) groups is 4. The molecule has 39 heavy (non-hydrogen) atoms. The number of rotatable bonds is 7. The van der Waals surface area contributed by atoms with Gasteiger partial charge in [0.15, 0.2) is 11.4 Å². The summed E-state index contributed by atoms with van der Waals surface area (Å²) < 4.78 is 5.02. The average molecular weight is 544 g/mol. The second-order valence-electron chi connectivity index (χ2n) is 10.5. The lowest BCUT2D eigenvalue weighted by molar-refractivity contribution is -0.174. The fourth-order valence-electron chi connectivity index (χ4n) is 6.01. The van der Waals surface area contributed by atoms with E-state index >= 15 is 0 Å². The monoisotopic (exact) mass is 543 g/mol. The summed E-state index contributed by atoms with van der Waals surface area (Å²) in [6.45, 7) is 3.52. The summed E-state index contributed by atoms with van der Waals surface area (Å²) in [4.78, 5) is 52.5. The van der Waals surface area contributed by atoms with Crippen LogP contribution in [0.25, 0.3) is 5.76 Å². The van der Waals surface area contributed by atoms with Crippen LogP contribution in [0.3, 0.4) is 0 Å². The van der Waals surface area contributed by atoms with Gasteiger partial charge in [0, 0.05) is 43.4 Å². The smallest absolute Gasteiger partial charge is 0.407 e. The van der Waals surface area contributed by atoms with Crippen LogP contribution in [0, 0.1) is 17.8 Å². The molecule has 0 aliphatic heterocycles. The zero-order valence-electron chi connectivity index (χ0n) is 21.8. The van der Waals surface area contributed by atoms with E-state index in [4.69, 9.17) is 10.5 Å². The van der Waals surface area contributed by atoms with Gasteiger partial charge in [-0.15, -0.1) is 6.58 Å². The number of hydrogen-bond donors (Lipinski definition) is 6. The number of aliphatic hydroxyl groups is 3. The summed E-state index contributed by atoms with van der Waals surface area (Å²) in [5.41, 5.74) is 3.74. The topological polar surface area (TPSA) is 200 Å². The van der Waals surface area contributed by atoms with Crippen molar-refractivity contribution < 1.29 is 44.3 Å². The number of nitrogens with two attached hydrogens (primary N) is 1. The Balaban J connectivity index is 1.77. The fraction of sp³-hybridized carbons (Fsp3) is 0.481. The van der Waals surface area contributed by atoms with E-state index in [1.165, 1.54) is 0 Å². The molecule has 2 unspecified atom stereocenters. The highest BCUT2D eigenvalue weighted by Crippen LogP contribution is 2.53. The molecule has 210 valence electrons. The number of anilines is 1. The standard InChI is InChI=1S/C27H33N3O9/c1-4-5-6-39-26(37)29-11-13-9-16(30(2)3)15-8-12-7-14-10-17(31)20(25(28)36)24(35)27(14,38)23(34)18(12)22(33)19(15)21(13)32/h4,9,12,14,17,20,31-33,38H,1,5-8,10-11H2,2-3H3,(H2,28,36)(H,29,37)/t12-,14+,17?,20?,27+/m1/s1. The van der Waals surface area contributed by atoms with Crippen LogP contribution < -0.4 is 16.0 Å². The zero-order valence-corrected chi connectivity index (χ0v) is 21.8. The molecule has 7 N–H and O–H groups in total. The molecule has 12 nitrogen and oxygen atoms in total. The number of nitrogens with zero attached hydrogens (tertiary/aromatic N) is 1. The number of alkyl carbamates (subject to hydrolysis) is 1. The molecule has 0 radical (unpaired) electrons. The van der Waals surface area contributed by atoms with E-state index in [9.17, 15) is 39.6 Å². The number of ketones is 2. The Kier molecular flexibility index (Phi) is 7.46. The second kappa shape index (κ2) is 10.3. The van der Waals surface area contributed by atoms with Crippen LogP contribution in [-0.4, -0.2) is 76.4 Å². The Labute approximate surface area is 224 Å². The van der Waals surface area contributed by atoms with E-state index in [1.807, 2.05) is 0 Å². The number of aliphatic hydroxyl groups excluding tert-OH is 2. The van der Waals surface area contributed by atoms with E-state index in [1.54, 1.807) is 31.1 Å². The predicted octanol–water partition coefficient (Wildman–Crippen LogP) is 0.457. The molecule has 0 bridgehead atoms. The highest BCUT2D eigenvalue weighted by Gasteiger charge is 2.64. The molecule has 2 fully saturated rings. The predicted molar refractivity (Wildman–Crippen MR) is 139 cm³/mol. The summed E-state index contributed by atoms with van der Waals surface area (Å²) in [6.07, 6.45) is -0.0365. The lowest BCUT2D eigenvalue weighted by Gasteiger charge is -2.48. The summed E-state index contributed by atoms with van der Waals surface area (Å²) in [5.74, 6) is -7.77. The van der Waals surface area contributed by atoms with Crippen LogP contribution in [-0.2, 0) is 32.1 Å². The highest BCUT2D eigenvalue weighted by atomic mass is 16.5. The van der Waals surface area contributed by atoms with Gasteiger partial charge in [-0.3, -0.25) is 14.4 Å². The van der Waals surface area contributed by atoms with Crippen LogP contribution in [0.15, 0.2) is 24.3 Å². The molecule has 1 aromatic carbocycles. The maximum atomic E-state index is 13.7. The normalized spacial score (nSPS) is 27.7. The lowest BCUT2D eigenvalue weighted by atomic mass is 9.56. The van der Waals surface area contributed by atoms with Crippen LogP contribution in [0.1, 0.15) is 36.0 Å². The molecule has 0 saturated heterocycles. The Morgan fingerprint density at radius 3 is 2.59 bits per heavy atom. The number of Topliss-reactive ketones (excluding diaryl/α,β-unsaturated/α-hetero) is 2. The number of phenols is 1. The molecule has 0 heterocycles. The number of amides is 2. The van der Waals surface area contributed by atoms with Gasteiger partial charge >= 0.3 is 6.09 Å². The van der Waals surface area contributed by atoms with Gasteiger partial charge in [-0.2, -0.15) is 0 Å². The molecular formula is C27H33N3O9. The Morgan fingerprint density at radius 2 is 1.97 bits per heavy atom. The molecule has 2 amide bonds. The molecular weight excluding hydrogens is 510 g/mol. The summed E-state index contributed by atoms with van der Waals surface area (Å²) >= 11 is 0. The van der Waals surface area contributed by atoms with Gasteiger partial charge in [0.05, 0.1) is 18.3 Å². The minimum Gasteiger partial charge on any atom is -0.507 e. The van der Waals surface area contributed by atoms with Crippen LogP contribution in [0.4, 0.5) is 10.5 Å². The Bertz CT molecular complexity index is 1290. The minimum atomic E-state index is -2.65. The molecule has 1 aromatic rings. The quantitative estimate of drug-likeness (QED) is 0.159. The Hall–Kier alpha value is -3.90. The third-order valence-electron chi connectivity index (χ3n) is 7.90. The third-order valence-corrected chi connectivity index (χ3v) is 7.90. The van der Waals surface area contributed by atoms with Gasteiger partial charge in [-0.25, -0.2) is 4.79 Å². The number of carbonyl (C=O) groups excluding carboxylic acids is 4. The number of primary amides is 1. The SMILES string of the molecule is C=CCCOC(=O)NCc1cc(N(C)C)c2c(c1O)C(O)=C1C(=O)[C@]3(O)C(=O)C(C(N)=O)C(O)C[C@@H]3C[C@@H]1C2. The van der Waals surface area contributed by atoms with Gasteiger partial charge < -0.3 is 41.1 Å². The van der Waals surface area contributed by atoms with Gasteiger partial charge in [0.1, 0.15) is 17.4 Å². The average Bonchev–Trinajstić information content (AvgIpc) is 2.85. The second-order valence-corrected chi connectivity index (χ2v) is 10.5. The summed E-state index contributed by atoms with van der Waals surface area (Å²) in [5, 5.41) is 46.8. The van der Waals surface area contributed by atoms with E-state index in [0.29, 0.717) is 17.7 Å². The van der Waals surface area contributed by atoms with Crippen LogP contribution in [0.5, 0.6) is 5.75 Å². The molecule has 0 spiro atoms. The lowest BCUT2D eigenvalue weighted by Crippen LogP contribution is -2.66. The van der Waals surface area contributed by atoms with E-state index in [0.717, 1.165) is 0 Å². The van der Waals surface area contributed by atoms with Crippen molar-refractivity contribution in [2.24, 2.45) is 23.5 Å². The number of ether oxygens (including phenoxy) is 1. The molecule has 3 aliphatic rings. The summed E-state index contributed by atoms with van der Waals surface area (Å²) in [7, 11) is 3.52. The van der Waals surface area contributed by atoms with Gasteiger partial charge in [-0.05, 0) is 43.2 Å². The molecule has 0 aromatic heterocycles. The van der Waals surface area contributed by atoms with Crippen molar-refractivity contribution in [2.75, 3.05) is 25.6 Å². The fourth-order valence-corrected chi connectivity index (χ4v) is 6.01. The maximum absolute atomic E-state index is 13.7. The van der Waals surface area contributed by atoms with Crippen molar-refractivity contribution in [2.45, 2.75) is 43.9 Å². The van der Waals surface area contributed by atoms with Crippen molar-refractivity contribution >= 4 is 35.0 Å². The van der Waals surface area contributed by atoms with Crippen molar-refractivity contribution in [1.82, 2.24) is 5.32 Å². The van der Waals surface area contributed by atoms with E-state index in [2.05, 4.69) is 11.9 Å². The first-order valence-electron chi connectivity index (χ1n) is 12.6. The first kappa shape index (κ1) is 28.1. The number of benzene rings is 1. The van der Waals surface area contributed by atoms with Crippen molar-refractivity contribution in [3.8, 4) is 5.75 Å². The zero-order chi connectivity index (χ0) is 28.8. The number of hydrogen-bond acceptors (Lipinski definition) is 10. The van der Waals surface area contributed by atoms with E-state index in [-0.39, 0.29) is 54.9 Å². The Morgan fingerprint density at radius 1 is 1.28 bits per heavy atom. The molecule has 3 aliphatic carbocycles. The van der Waals surface area contributed by atoms with Gasteiger partial charge in [-0.1, -0.05) is 6.08 Å². The van der Waals surface area contributed by atoms with Gasteiger partial charge in [0.25, 0.3) is 0 Å². The number of nitrogens with one attached hydrogen (secondary N) is 1. The van der Waals surface area contributed by atoms with Gasteiger partial charge in [0.2, 0.25) is 11.7 Å². The van der Waals surface area contributed by atoms with Crippen molar-refractivity contribution in [3.63, 3.8) is 0 Å². The molecule has 4 rings (SSSR count).